The Morgan fingerprint density at radius 1 is 1.27 bits per heavy atom. The lowest BCUT2D eigenvalue weighted by Crippen LogP contribution is -2.37. The number of rotatable bonds is 8. The standard InChI is InChI=1S/C22H29N5O3/c1-16-3-4-17(21(28)25-18-5-6-18)15-19(16)27-10-8-24-20(22(27)29)23-7-2-9-26-11-13-30-14-12-26/h3-4,8,10,15,18H,2,5-7,9,11-14H2,1H3,(H,23,24)(H,25,28). The molecule has 160 valence electrons. The second-order valence-electron chi connectivity index (χ2n) is 7.93. The van der Waals surface area contributed by atoms with Gasteiger partial charge in [0.15, 0.2) is 5.82 Å². The minimum Gasteiger partial charge on any atom is -0.379 e. The number of aromatic nitrogens is 2. The molecule has 2 aliphatic rings. The Kier molecular flexibility index (Phi) is 6.44. The summed E-state index contributed by atoms with van der Waals surface area (Å²) in [7, 11) is 0. The van der Waals surface area contributed by atoms with Crippen LogP contribution in [0, 0.1) is 6.92 Å². The fraction of sp³-hybridized carbons (Fsp3) is 0.500. The van der Waals surface area contributed by atoms with E-state index in [1.54, 1.807) is 29.1 Å². The molecule has 1 aromatic carbocycles. The van der Waals surface area contributed by atoms with Crippen LogP contribution in [0.15, 0.2) is 35.4 Å². The lowest BCUT2D eigenvalue weighted by atomic mass is 10.1. The lowest BCUT2D eigenvalue weighted by molar-refractivity contribution is 0.0378. The molecule has 1 saturated carbocycles. The molecule has 1 amide bonds. The van der Waals surface area contributed by atoms with Crippen molar-refractivity contribution in [1.82, 2.24) is 19.8 Å². The number of benzene rings is 1. The van der Waals surface area contributed by atoms with Crippen molar-refractivity contribution in [3.63, 3.8) is 0 Å². The van der Waals surface area contributed by atoms with Crippen molar-refractivity contribution >= 4 is 11.7 Å². The van der Waals surface area contributed by atoms with Gasteiger partial charge in [-0.25, -0.2) is 4.98 Å². The summed E-state index contributed by atoms with van der Waals surface area (Å²) in [5, 5.41) is 6.17. The number of nitrogens with one attached hydrogen (secondary N) is 2. The van der Waals surface area contributed by atoms with Gasteiger partial charge < -0.3 is 15.4 Å². The van der Waals surface area contributed by atoms with Gasteiger partial charge in [-0.2, -0.15) is 0 Å². The van der Waals surface area contributed by atoms with Gasteiger partial charge >= 0.3 is 0 Å². The van der Waals surface area contributed by atoms with Crippen LogP contribution in [0.1, 0.15) is 35.2 Å². The van der Waals surface area contributed by atoms with Gasteiger partial charge in [0.25, 0.3) is 11.5 Å². The summed E-state index contributed by atoms with van der Waals surface area (Å²) in [6.07, 6.45) is 6.25. The predicted octanol–water partition coefficient (Wildman–Crippen LogP) is 1.57. The van der Waals surface area contributed by atoms with Crippen molar-refractivity contribution in [2.24, 2.45) is 0 Å². The number of aryl methyl sites for hydroxylation is 1. The monoisotopic (exact) mass is 411 g/mol. The first-order valence-electron chi connectivity index (χ1n) is 10.7. The number of hydrogen-bond acceptors (Lipinski definition) is 6. The number of hydrogen-bond donors (Lipinski definition) is 2. The smallest absolute Gasteiger partial charge is 0.297 e. The summed E-state index contributed by atoms with van der Waals surface area (Å²) in [5.41, 5.74) is 1.96. The Morgan fingerprint density at radius 3 is 2.83 bits per heavy atom. The van der Waals surface area contributed by atoms with Gasteiger partial charge in [-0.05, 0) is 50.4 Å². The minimum absolute atomic E-state index is 0.0951. The molecule has 8 heteroatoms. The highest BCUT2D eigenvalue weighted by molar-refractivity contribution is 5.95. The number of nitrogens with zero attached hydrogens (tertiary/aromatic N) is 3. The van der Waals surface area contributed by atoms with Gasteiger partial charge in [0, 0.05) is 43.6 Å². The van der Waals surface area contributed by atoms with Crippen molar-refractivity contribution in [2.45, 2.75) is 32.2 Å². The average molecular weight is 412 g/mol. The first-order valence-corrected chi connectivity index (χ1v) is 10.7. The maximum absolute atomic E-state index is 13.0. The second kappa shape index (κ2) is 9.40. The number of morpholine rings is 1. The van der Waals surface area contributed by atoms with Crippen LogP contribution in [-0.4, -0.2) is 65.8 Å². The van der Waals surface area contributed by atoms with E-state index in [1.807, 2.05) is 13.0 Å². The Morgan fingerprint density at radius 2 is 2.07 bits per heavy atom. The Balaban J connectivity index is 1.44. The topological polar surface area (TPSA) is 88.5 Å². The fourth-order valence-electron chi connectivity index (χ4n) is 3.56. The quantitative estimate of drug-likeness (QED) is 0.641. The number of carbonyl (C=O) groups is 1. The lowest BCUT2D eigenvalue weighted by Gasteiger charge is -2.26. The van der Waals surface area contributed by atoms with Crippen LogP contribution < -0.4 is 16.2 Å². The molecule has 2 N–H and O–H groups in total. The Labute approximate surface area is 176 Å². The van der Waals surface area contributed by atoms with Crippen molar-refractivity contribution in [1.29, 1.82) is 0 Å². The SMILES string of the molecule is Cc1ccc(C(=O)NC2CC2)cc1-n1ccnc(NCCCN2CCOCC2)c1=O. The molecule has 2 fully saturated rings. The van der Waals surface area contributed by atoms with Crippen molar-refractivity contribution < 1.29 is 9.53 Å². The van der Waals surface area contributed by atoms with E-state index >= 15 is 0 Å². The summed E-state index contributed by atoms with van der Waals surface area (Å²) in [6.45, 7) is 7.06. The van der Waals surface area contributed by atoms with Gasteiger partial charge in [0.05, 0.1) is 18.9 Å². The molecule has 0 spiro atoms. The third-order valence-electron chi connectivity index (χ3n) is 5.53. The van der Waals surface area contributed by atoms with Crippen LogP contribution in [-0.2, 0) is 4.74 Å². The molecule has 2 aromatic rings. The Bertz CT molecular complexity index is 948. The number of amides is 1. The predicted molar refractivity (Wildman–Crippen MR) is 115 cm³/mol. The molecular weight excluding hydrogens is 382 g/mol. The highest BCUT2D eigenvalue weighted by Gasteiger charge is 2.24. The molecule has 0 atom stereocenters. The van der Waals surface area contributed by atoms with E-state index < -0.39 is 0 Å². The normalized spacial score (nSPS) is 17.0. The van der Waals surface area contributed by atoms with E-state index in [-0.39, 0.29) is 11.5 Å². The van der Waals surface area contributed by atoms with E-state index in [9.17, 15) is 9.59 Å². The van der Waals surface area contributed by atoms with Crippen molar-refractivity contribution in [3.05, 3.63) is 52.1 Å². The number of anilines is 1. The molecular formula is C22H29N5O3. The molecule has 30 heavy (non-hydrogen) atoms. The summed E-state index contributed by atoms with van der Waals surface area (Å²) in [5.74, 6) is 0.231. The molecule has 2 heterocycles. The highest BCUT2D eigenvalue weighted by atomic mass is 16.5. The van der Waals surface area contributed by atoms with E-state index in [0.717, 1.165) is 57.7 Å². The van der Waals surface area contributed by atoms with Crippen molar-refractivity contribution in [3.8, 4) is 5.69 Å². The first kappa shape index (κ1) is 20.6. The minimum atomic E-state index is -0.216. The molecule has 0 radical (unpaired) electrons. The van der Waals surface area contributed by atoms with Crippen LogP contribution >= 0.6 is 0 Å². The fourth-order valence-corrected chi connectivity index (χ4v) is 3.56. The zero-order chi connectivity index (χ0) is 20.9. The van der Waals surface area contributed by atoms with Crippen LogP contribution in [0.2, 0.25) is 0 Å². The molecule has 4 rings (SSSR count). The summed E-state index contributed by atoms with van der Waals surface area (Å²) >= 11 is 0. The largest absolute Gasteiger partial charge is 0.379 e. The van der Waals surface area contributed by atoms with Crippen molar-refractivity contribution in [2.75, 3.05) is 44.7 Å². The van der Waals surface area contributed by atoms with E-state index in [2.05, 4.69) is 20.5 Å². The maximum Gasteiger partial charge on any atom is 0.297 e. The van der Waals surface area contributed by atoms with Crippen LogP contribution in [0.4, 0.5) is 5.82 Å². The van der Waals surface area contributed by atoms with Crippen LogP contribution in [0.3, 0.4) is 0 Å². The molecule has 1 saturated heterocycles. The van der Waals surface area contributed by atoms with Gasteiger partial charge in [-0.3, -0.25) is 19.1 Å². The maximum atomic E-state index is 13.0. The van der Waals surface area contributed by atoms with Crippen LogP contribution in [0.5, 0.6) is 0 Å². The summed E-state index contributed by atoms with van der Waals surface area (Å²) < 4.78 is 6.92. The molecule has 0 bridgehead atoms. The number of ether oxygens (including phenoxy) is 1. The second-order valence-corrected chi connectivity index (χ2v) is 7.93. The molecule has 1 aliphatic heterocycles. The van der Waals surface area contributed by atoms with Gasteiger partial charge in [0.2, 0.25) is 0 Å². The van der Waals surface area contributed by atoms with E-state index in [4.69, 9.17) is 4.74 Å². The third-order valence-corrected chi connectivity index (χ3v) is 5.53. The molecule has 1 aliphatic carbocycles. The summed E-state index contributed by atoms with van der Waals surface area (Å²) in [6, 6.07) is 5.74. The number of carbonyl (C=O) groups excluding carboxylic acids is 1. The van der Waals surface area contributed by atoms with Gasteiger partial charge in [0.1, 0.15) is 0 Å². The molecule has 8 nitrogen and oxygen atoms in total. The zero-order valence-electron chi connectivity index (χ0n) is 17.4. The van der Waals surface area contributed by atoms with E-state index in [0.29, 0.717) is 29.7 Å². The first-order chi connectivity index (χ1) is 14.6. The average Bonchev–Trinajstić information content (AvgIpc) is 3.57. The highest BCUT2D eigenvalue weighted by Crippen LogP contribution is 2.20. The zero-order valence-corrected chi connectivity index (χ0v) is 17.4. The van der Waals surface area contributed by atoms with Gasteiger partial charge in [-0.1, -0.05) is 6.07 Å². The van der Waals surface area contributed by atoms with E-state index in [1.165, 1.54) is 0 Å². The Hall–Kier alpha value is -2.71. The molecule has 1 aromatic heterocycles. The van der Waals surface area contributed by atoms with Crippen LogP contribution in [0.25, 0.3) is 5.69 Å². The summed E-state index contributed by atoms with van der Waals surface area (Å²) in [4.78, 5) is 32.0. The third kappa shape index (κ3) is 5.06. The molecule has 0 unspecified atom stereocenters. The van der Waals surface area contributed by atoms with Gasteiger partial charge in [-0.15, -0.1) is 0 Å².